The quantitative estimate of drug-likeness (QED) is 0.267. The molecule has 8 saturated carbocycles. The van der Waals surface area contributed by atoms with Gasteiger partial charge in [-0.25, -0.2) is 4.98 Å². The molecule has 0 aliphatic heterocycles. The lowest BCUT2D eigenvalue weighted by atomic mass is 9.43. The number of hydrogen-bond acceptors (Lipinski definition) is 5. The summed E-state index contributed by atoms with van der Waals surface area (Å²) in [5.74, 6) is 0.881. The average molecular weight is 843 g/mol. The van der Waals surface area contributed by atoms with Gasteiger partial charge in [0, 0.05) is 29.7 Å². The van der Waals surface area contributed by atoms with Gasteiger partial charge in [-0.05, 0) is 197 Å². The van der Waals surface area contributed by atoms with Gasteiger partial charge < -0.3 is 14.8 Å². The normalized spacial score (nSPS) is 55.3. The van der Waals surface area contributed by atoms with Crippen LogP contribution in [0.1, 0.15) is 177 Å². The second-order valence-electron chi connectivity index (χ2n) is 21.8. The Balaban J connectivity index is 0.000000169. The zero-order valence-electron chi connectivity index (χ0n) is 40.6. The number of carbonyl (C=O) groups excluding carboxylic acids is 2. The first-order chi connectivity index (χ1) is 28.4. The minimum Gasteiger partial charge on any atom is -0.390 e. The fourth-order valence-corrected chi connectivity index (χ4v) is 16.5. The van der Waals surface area contributed by atoms with Crippen LogP contribution in [0.3, 0.4) is 0 Å². The number of nitrogens with zero attached hydrogens (tertiary/aromatic N) is 2. The number of rotatable bonds is 7. The molecule has 1 heterocycles. The molecule has 0 aromatic carbocycles. The van der Waals surface area contributed by atoms with Gasteiger partial charge >= 0.3 is 0 Å². The Morgan fingerprint density at radius 3 is 1.57 bits per heavy atom. The summed E-state index contributed by atoms with van der Waals surface area (Å²) in [6.07, 6.45) is 23.7. The molecule has 8 aliphatic rings. The molecule has 0 amide bonds. The highest BCUT2D eigenvalue weighted by Crippen LogP contribution is 2.70. The van der Waals surface area contributed by atoms with Crippen LogP contribution in [-0.4, -0.2) is 47.8 Å². The van der Waals surface area contributed by atoms with Crippen LogP contribution in [0.4, 0.5) is 0 Å². The highest BCUT2D eigenvalue weighted by atomic mass is 79.9. The molecule has 0 saturated heterocycles. The maximum atomic E-state index is 13.5. The van der Waals surface area contributed by atoms with Crippen LogP contribution in [0.25, 0.3) is 0 Å². The highest BCUT2D eigenvalue weighted by molar-refractivity contribution is 9.09. The van der Waals surface area contributed by atoms with Crippen LogP contribution in [0.2, 0.25) is 0 Å². The fraction of sp³-hybridized carbons (Fsp3) is 0.898. The molecule has 2 N–H and O–H groups in total. The summed E-state index contributed by atoms with van der Waals surface area (Å²) in [6.45, 7) is 12.4. The van der Waals surface area contributed by atoms with Crippen molar-refractivity contribution in [2.75, 3.05) is 5.28 Å². The van der Waals surface area contributed by atoms with Crippen molar-refractivity contribution < 1.29 is 26.7 Å². The zero-order chi connectivity index (χ0) is 44.4. The molecule has 1 aromatic heterocycles. The Morgan fingerprint density at radius 2 is 1.14 bits per heavy atom. The molecule has 17 atom stereocenters. The third kappa shape index (κ3) is 6.71. The van der Waals surface area contributed by atoms with Crippen LogP contribution in [0.5, 0.6) is 0 Å². The molecule has 6 nitrogen and oxygen atoms in total. The molecule has 1 unspecified atom stereocenters. The molecule has 0 radical (unpaired) electrons. The number of ketones is 2. The monoisotopic (exact) mass is 842 g/mol. The summed E-state index contributed by atoms with van der Waals surface area (Å²) in [6, 6.07) is 0. The highest BCUT2D eigenvalue weighted by Gasteiger charge is 2.63. The first kappa shape index (κ1) is 35.7. The lowest BCUT2D eigenvalue weighted by Gasteiger charge is -2.62. The lowest BCUT2D eigenvalue weighted by molar-refractivity contribution is -0.154. The first-order valence-electron chi connectivity index (χ1n) is 25.6. The zero-order valence-corrected chi connectivity index (χ0v) is 37.1. The molecule has 7 heteroatoms. The van der Waals surface area contributed by atoms with Gasteiger partial charge in [0.05, 0.1) is 30.7 Å². The Bertz CT molecular complexity index is 1830. The Kier molecular flexibility index (Phi) is 9.65. The average Bonchev–Trinajstić information content (AvgIpc) is 3.93. The number of aromatic nitrogens is 2. The van der Waals surface area contributed by atoms with Gasteiger partial charge in [-0.3, -0.25) is 9.59 Å². The second-order valence-corrected chi connectivity index (χ2v) is 22.1. The van der Waals surface area contributed by atoms with E-state index in [1.165, 1.54) is 23.7 Å². The van der Waals surface area contributed by atoms with Crippen molar-refractivity contribution in [3.63, 3.8) is 0 Å². The second kappa shape index (κ2) is 15.1. The van der Waals surface area contributed by atoms with E-state index in [0.717, 1.165) is 103 Å². The van der Waals surface area contributed by atoms with Crippen LogP contribution in [0, 0.1) is 80.8 Å². The van der Waals surface area contributed by atoms with Crippen molar-refractivity contribution in [3.8, 4) is 0 Å². The molecule has 314 valence electrons. The minimum atomic E-state index is -2.12. The maximum Gasteiger partial charge on any atom is 0.156 e. The van der Waals surface area contributed by atoms with Crippen LogP contribution < -0.4 is 0 Å². The van der Waals surface area contributed by atoms with E-state index in [0.29, 0.717) is 60.2 Å². The predicted octanol–water partition coefficient (Wildman–Crippen LogP) is 11.0. The number of alkyl halides is 1. The minimum absolute atomic E-state index is 0.257. The van der Waals surface area contributed by atoms with Crippen LogP contribution in [0.15, 0.2) is 18.7 Å². The molecule has 56 heavy (non-hydrogen) atoms. The number of imidazole rings is 1. The summed E-state index contributed by atoms with van der Waals surface area (Å²) in [7, 11) is 0. The van der Waals surface area contributed by atoms with Crippen LogP contribution >= 0.6 is 15.9 Å². The Labute approximate surface area is 355 Å². The van der Waals surface area contributed by atoms with E-state index in [2.05, 4.69) is 62.5 Å². The molecule has 8 aliphatic carbocycles. The number of carbonyl (C=O) groups is 2. The molecular formula is C49H77BrN2O4. The van der Waals surface area contributed by atoms with E-state index in [1.54, 1.807) is 12.4 Å². The van der Waals surface area contributed by atoms with E-state index < -0.39 is 46.0 Å². The fourth-order valence-electron chi connectivity index (χ4n) is 16.3. The van der Waals surface area contributed by atoms with Gasteiger partial charge in [0.1, 0.15) is 5.78 Å². The molecule has 1 aromatic rings. The van der Waals surface area contributed by atoms with Crippen molar-refractivity contribution in [3.05, 3.63) is 18.7 Å². The summed E-state index contributed by atoms with van der Waals surface area (Å²) in [5, 5.41) is 19.8. The first-order valence-corrected chi connectivity index (χ1v) is 23.8. The molecule has 0 bridgehead atoms. The standard InChI is InChI=1S/C26H40N2O2.C23H37BrO2/c1-4-26(30)12-11-24(2)18(15-26)5-6-19-20-7-8-22(25(20,3)10-9-21(19)24)23(29)16-28-14-13-27-17-28;1-4-23(26)12-11-21(2)15(13-23)5-6-16-17-7-8-19(20(25)14-24)22(17,3)10-9-18(16)21/h13-14,17-22,30H,4-12,15-16H2,1-3H3;15-19,26H,4-14H2,1-3H3/t18-,19-,20-,21-,22+,24-,25-,26+;15-,16-,17-,18-,19+,21-,22-,23+/m00/s1/i16D,22D;14D2,19D/t16?,18-,19-,20-,21-,22+,24-,25-,26+;m. The molecule has 8 fully saturated rings. The number of hydrogen-bond donors (Lipinski definition) is 2. The van der Waals surface area contributed by atoms with E-state index in [9.17, 15) is 21.2 Å². The topological polar surface area (TPSA) is 92.4 Å². The van der Waals surface area contributed by atoms with Crippen molar-refractivity contribution in [2.24, 2.45) is 80.8 Å². The van der Waals surface area contributed by atoms with Crippen LogP contribution in [-0.2, 0) is 16.1 Å². The number of aliphatic hydroxyl groups is 2. The third-order valence-corrected chi connectivity index (χ3v) is 20.3. The third-order valence-electron chi connectivity index (χ3n) is 20.0. The maximum absolute atomic E-state index is 13.5. The van der Waals surface area contributed by atoms with Gasteiger partial charge in [0.15, 0.2) is 5.78 Å². The number of fused-ring (bicyclic) bond motifs is 10. The summed E-state index contributed by atoms with van der Waals surface area (Å²) >= 11 is 2.91. The van der Waals surface area contributed by atoms with Crippen molar-refractivity contribution >= 4 is 27.5 Å². The lowest BCUT2D eigenvalue weighted by Crippen LogP contribution is -2.56. The molecular weight excluding hydrogens is 760 g/mol. The van der Waals surface area contributed by atoms with Gasteiger partial charge in [-0.15, -0.1) is 0 Å². The van der Waals surface area contributed by atoms with E-state index >= 15 is 0 Å². The largest absolute Gasteiger partial charge is 0.390 e. The van der Waals surface area contributed by atoms with Crippen molar-refractivity contribution in [1.82, 2.24) is 9.55 Å². The van der Waals surface area contributed by atoms with Gasteiger partial charge in [-0.2, -0.15) is 0 Å². The van der Waals surface area contributed by atoms with E-state index in [4.69, 9.17) is 5.48 Å². The summed E-state index contributed by atoms with van der Waals surface area (Å²) in [4.78, 5) is 30.5. The summed E-state index contributed by atoms with van der Waals surface area (Å²) < 4.78 is 44.4. The number of Topliss-reactive ketones (excluding diaryl/α,β-unsaturated/α-hetero) is 2. The van der Waals surface area contributed by atoms with Crippen molar-refractivity contribution in [2.45, 2.75) is 188 Å². The molecule has 9 rings (SSSR count). The Hall–Kier alpha value is -1.05. The molecule has 0 spiro atoms. The van der Waals surface area contributed by atoms with Gasteiger partial charge in [-0.1, -0.05) is 57.5 Å². The summed E-state index contributed by atoms with van der Waals surface area (Å²) in [5.41, 5.74) is -1.23. The van der Waals surface area contributed by atoms with E-state index in [-0.39, 0.29) is 22.0 Å². The predicted molar refractivity (Wildman–Crippen MR) is 227 cm³/mol. The van der Waals surface area contributed by atoms with E-state index in [1.807, 2.05) is 0 Å². The smallest absolute Gasteiger partial charge is 0.156 e. The van der Waals surface area contributed by atoms with Crippen molar-refractivity contribution in [1.29, 1.82) is 0 Å². The van der Waals surface area contributed by atoms with Gasteiger partial charge in [0.25, 0.3) is 0 Å². The van der Waals surface area contributed by atoms with Gasteiger partial charge in [0.2, 0.25) is 0 Å². The SMILES string of the molecule is [2H]C(C(=O)[C@@]1([2H])CC[C@H]2[C@@H]3CC[C@H]4C[C@@](O)(CC)CC[C@]4(C)[C@H]3CC[C@@]21C)n1ccnc1.[2H]C([2H])(Br)C(=O)[C@@]1([2H])CC[C@H]2[C@@H]3CC[C@H]4C[C@@](O)(CC)CC[C@]4(C)[C@H]3CC[C@@]21C. The number of halogens is 1. The Morgan fingerprint density at radius 1 is 0.679 bits per heavy atom.